The third-order valence-electron chi connectivity index (χ3n) is 3.84. The average Bonchev–Trinajstić information content (AvgIpc) is 3.03. The van der Waals surface area contributed by atoms with Gasteiger partial charge in [-0.2, -0.15) is 8.42 Å². The highest BCUT2D eigenvalue weighted by Gasteiger charge is 2.32. The maximum atomic E-state index is 11.5. The number of hydrogen-bond acceptors (Lipinski definition) is 8. The molecule has 1 heterocycles. The SMILES string of the molecule is CC(C)c1nnc([C@@H](N)C(CC(N)=O)c2cc(Cl)cc(S(=O)(=O)O)c2O)o1. The quantitative estimate of drug-likeness (QED) is 0.483. The van der Waals surface area contributed by atoms with Gasteiger partial charge in [0.1, 0.15) is 10.6 Å². The summed E-state index contributed by atoms with van der Waals surface area (Å²) in [5, 5.41) is 17.9. The molecule has 148 valence electrons. The monoisotopic (exact) mass is 418 g/mol. The summed E-state index contributed by atoms with van der Waals surface area (Å²) in [4.78, 5) is 10.7. The van der Waals surface area contributed by atoms with E-state index in [2.05, 4.69) is 10.2 Å². The van der Waals surface area contributed by atoms with Gasteiger partial charge in [-0.25, -0.2) is 0 Å². The van der Waals surface area contributed by atoms with Crippen molar-refractivity contribution in [3.63, 3.8) is 0 Å². The molecule has 12 heteroatoms. The highest BCUT2D eigenvalue weighted by atomic mass is 35.5. The van der Waals surface area contributed by atoms with Crippen molar-refractivity contribution in [3.05, 3.63) is 34.5 Å². The molecular formula is C15H19ClN4O6S. The maximum Gasteiger partial charge on any atom is 0.298 e. The number of benzene rings is 1. The minimum atomic E-state index is -4.78. The molecule has 0 bridgehead atoms. The fourth-order valence-corrected chi connectivity index (χ4v) is 3.44. The summed E-state index contributed by atoms with van der Waals surface area (Å²) in [6, 6.07) is 0.987. The number of phenolic OH excluding ortho intramolecular Hbond substituents is 1. The number of nitrogens with zero attached hydrogens (tertiary/aromatic N) is 2. The first-order chi connectivity index (χ1) is 12.4. The minimum absolute atomic E-state index is 0.0299. The van der Waals surface area contributed by atoms with E-state index in [1.54, 1.807) is 0 Å². The Morgan fingerprint density at radius 2 is 1.89 bits per heavy atom. The van der Waals surface area contributed by atoms with Crippen LogP contribution in [-0.4, -0.2) is 34.2 Å². The Bertz CT molecular complexity index is 959. The van der Waals surface area contributed by atoms with Crippen LogP contribution in [0.25, 0.3) is 0 Å². The summed E-state index contributed by atoms with van der Waals surface area (Å²) in [7, 11) is -4.78. The van der Waals surface area contributed by atoms with Crippen molar-refractivity contribution in [2.24, 2.45) is 11.5 Å². The number of carbonyl (C=O) groups is 1. The molecule has 0 fully saturated rings. The largest absolute Gasteiger partial charge is 0.506 e. The number of halogens is 1. The molecule has 10 nitrogen and oxygen atoms in total. The molecule has 6 N–H and O–H groups in total. The zero-order chi connectivity index (χ0) is 20.5. The molecule has 27 heavy (non-hydrogen) atoms. The van der Waals surface area contributed by atoms with Crippen LogP contribution in [0.15, 0.2) is 21.4 Å². The van der Waals surface area contributed by atoms with Gasteiger partial charge in [0.15, 0.2) is 0 Å². The molecule has 0 saturated carbocycles. The Morgan fingerprint density at radius 3 is 2.37 bits per heavy atom. The summed E-state index contributed by atoms with van der Waals surface area (Å²) < 4.78 is 37.8. The van der Waals surface area contributed by atoms with Gasteiger partial charge < -0.3 is 21.0 Å². The topological polar surface area (TPSA) is 183 Å². The smallest absolute Gasteiger partial charge is 0.298 e. The molecule has 0 saturated heterocycles. The van der Waals surface area contributed by atoms with Crippen molar-refractivity contribution in [2.45, 2.75) is 43.0 Å². The molecule has 1 aromatic heterocycles. The summed E-state index contributed by atoms with van der Waals surface area (Å²) in [5.41, 5.74) is 11.3. The number of aromatic hydroxyl groups is 1. The first-order valence-corrected chi connectivity index (χ1v) is 9.60. The third-order valence-corrected chi connectivity index (χ3v) is 4.92. The number of amides is 1. The second kappa shape index (κ2) is 7.80. The molecule has 1 amide bonds. The molecule has 0 aliphatic rings. The molecule has 2 aromatic rings. The first kappa shape index (κ1) is 21.1. The van der Waals surface area contributed by atoms with Gasteiger partial charge in [-0.15, -0.1) is 10.2 Å². The van der Waals surface area contributed by atoms with Crippen LogP contribution in [0.5, 0.6) is 5.75 Å². The summed E-state index contributed by atoms with van der Waals surface area (Å²) in [6.45, 7) is 3.65. The van der Waals surface area contributed by atoms with Crippen LogP contribution in [0, 0.1) is 0 Å². The minimum Gasteiger partial charge on any atom is -0.506 e. The van der Waals surface area contributed by atoms with Crippen molar-refractivity contribution < 1.29 is 27.3 Å². The lowest BCUT2D eigenvalue weighted by molar-refractivity contribution is -0.118. The number of carbonyl (C=O) groups excluding carboxylic acids is 1. The van der Waals surface area contributed by atoms with E-state index in [0.717, 1.165) is 6.07 Å². The lowest BCUT2D eigenvalue weighted by atomic mass is 9.88. The molecule has 2 rings (SSSR count). The molecule has 2 atom stereocenters. The number of nitrogens with two attached hydrogens (primary N) is 2. The van der Waals surface area contributed by atoms with E-state index in [-0.39, 0.29) is 28.8 Å². The van der Waals surface area contributed by atoms with E-state index in [9.17, 15) is 22.9 Å². The normalized spacial score (nSPS) is 14.3. The van der Waals surface area contributed by atoms with Crippen LogP contribution in [0.4, 0.5) is 0 Å². The lowest BCUT2D eigenvalue weighted by Gasteiger charge is -2.22. The summed E-state index contributed by atoms with van der Waals surface area (Å²) in [6.07, 6.45) is -0.376. The second-order valence-corrected chi connectivity index (χ2v) is 8.08. The van der Waals surface area contributed by atoms with Crippen LogP contribution in [0.2, 0.25) is 5.02 Å². The van der Waals surface area contributed by atoms with Gasteiger partial charge in [-0.3, -0.25) is 9.35 Å². The zero-order valence-electron chi connectivity index (χ0n) is 14.5. The van der Waals surface area contributed by atoms with Crippen LogP contribution < -0.4 is 11.5 Å². The highest BCUT2D eigenvalue weighted by molar-refractivity contribution is 7.86. The van der Waals surface area contributed by atoms with Gasteiger partial charge in [0.25, 0.3) is 10.1 Å². The first-order valence-electron chi connectivity index (χ1n) is 7.78. The van der Waals surface area contributed by atoms with Gasteiger partial charge in [0.05, 0.1) is 6.04 Å². The number of primary amides is 1. The fraction of sp³-hybridized carbons (Fsp3) is 0.400. The van der Waals surface area contributed by atoms with Gasteiger partial charge in [0.2, 0.25) is 17.7 Å². The van der Waals surface area contributed by atoms with Gasteiger partial charge in [-0.1, -0.05) is 25.4 Å². The Labute approximate surface area is 160 Å². The van der Waals surface area contributed by atoms with Crippen molar-refractivity contribution in [1.82, 2.24) is 10.2 Å². The number of rotatable bonds is 7. The second-order valence-electron chi connectivity index (χ2n) is 6.25. The Balaban J connectivity index is 2.59. The number of aromatic nitrogens is 2. The van der Waals surface area contributed by atoms with Gasteiger partial charge in [0, 0.05) is 28.8 Å². The van der Waals surface area contributed by atoms with Crippen molar-refractivity contribution in [3.8, 4) is 5.75 Å². The lowest BCUT2D eigenvalue weighted by Crippen LogP contribution is -2.26. The van der Waals surface area contributed by atoms with E-state index in [0.29, 0.717) is 5.89 Å². The van der Waals surface area contributed by atoms with E-state index >= 15 is 0 Å². The number of hydrogen-bond donors (Lipinski definition) is 4. The third kappa shape index (κ3) is 4.75. The highest BCUT2D eigenvalue weighted by Crippen LogP contribution is 2.41. The van der Waals surface area contributed by atoms with Crippen molar-refractivity contribution >= 4 is 27.6 Å². The standard InChI is InChI=1S/C15H19ClN4O6S/c1-6(2)14-19-20-15(26-14)12(18)8(5-11(17)21)9-3-7(16)4-10(13(9)22)27(23,24)25/h3-4,6,8,12,22H,5,18H2,1-2H3,(H2,17,21)(H,23,24,25)/t8?,12-/m0/s1. The summed E-state index contributed by atoms with van der Waals surface area (Å²) in [5.74, 6) is -2.40. The Hall–Kier alpha value is -2.21. The van der Waals surface area contributed by atoms with E-state index in [4.69, 9.17) is 27.5 Å². The van der Waals surface area contributed by atoms with Crippen LogP contribution >= 0.6 is 11.6 Å². The molecule has 0 aliphatic heterocycles. The molecule has 0 radical (unpaired) electrons. The van der Waals surface area contributed by atoms with Crippen molar-refractivity contribution in [1.29, 1.82) is 0 Å². The summed E-state index contributed by atoms with van der Waals surface area (Å²) >= 11 is 5.91. The molecule has 0 spiro atoms. The number of phenols is 1. The predicted molar refractivity (Wildman–Crippen MR) is 94.8 cm³/mol. The van der Waals surface area contributed by atoms with Gasteiger partial charge >= 0.3 is 0 Å². The van der Waals surface area contributed by atoms with Gasteiger partial charge in [-0.05, 0) is 12.1 Å². The molecule has 0 aliphatic carbocycles. The Kier molecular flexibility index (Phi) is 6.10. The van der Waals surface area contributed by atoms with E-state index in [1.807, 2.05) is 13.8 Å². The molecule has 1 unspecified atom stereocenters. The van der Waals surface area contributed by atoms with Crippen LogP contribution in [-0.2, 0) is 14.9 Å². The van der Waals surface area contributed by atoms with Crippen LogP contribution in [0.3, 0.4) is 0 Å². The van der Waals surface area contributed by atoms with Crippen LogP contribution in [0.1, 0.15) is 55.5 Å². The van der Waals surface area contributed by atoms with E-state index < -0.39 is 38.6 Å². The molecular weight excluding hydrogens is 400 g/mol. The van der Waals surface area contributed by atoms with E-state index in [1.165, 1.54) is 6.07 Å². The predicted octanol–water partition coefficient (Wildman–Crippen LogP) is 1.46. The van der Waals surface area contributed by atoms with Crippen molar-refractivity contribution in [2.75, 3.05) is 0 Å². The average molecular weight is 419 g/mol. The fourth-order valence-electron chi connectivity index (χ4n) is 2.51. The maximum absolute atomic E-state index is 11.5. The molecule has 1 aromatic carbocycles. The Morgan fingerprint density at radius 1 is 1.30 bits per heavy atom. The zero-order valence-corrected chi connectivity index (χ0v) is 16.0.